The van der Waals surface area contributed by atoms with Crippen LogP contribution in [-0.4, -0.2) is 18.1 Å². The van der Waals surface area contributed by atoms with Gasteiger partial charge in [-0.2, -0.15) is 0 Å². The van der Waals surface area contributed by atoms with Crippen LogP contribution in [0.5, 0.6) is 0 Å². The molecule has 0 radical (unpaired) electrons. The van der Waals surface area contributed by atoms with Gasteiger partial charge < -0.3 is 10.6 Å². The Morgan fingerprint density at radius 3 is 2.71 bits per heavy atom. The first-order chi connectivity index (χ1) is 10.1. The van der Waals surface area contributed by atoms with E-state index in [1.165, 1.54) is 36.8 Å². The SMILES string of the molecule is Cc1cc(N(C)C2CCCCC2C)c2cc(N)ccc2n1. The Morgan fingerprint density at radius 2 is 1.95 bits per heavy atom. The highest BCUT2D eigenvalue weighted by atomic mass is 15.1. The zero-order chi connectivity index (χ0) is 15.0. The summed E-state index contributed by atoms with van der Waals surface area (Å²) in [5.74, 6) is 0.744. The van der Waals surface area contributed by atoms with E-state index in [0.717, 1.165) is 22.8 Å². The number of aryl methyl sites for hydroxylation is 1. The maximum atomic E-state index is 5.99. The molecule has 2 atom stereocenters. The predicted octanol–water partition coefficient (Wildman–Crippen LogP) is 4.14. The van der Waals surface area contributed by atoms with Crippen molar-refractivity contribution in [2.24, 2.45) is 5.92 Å². The largest absolute Gasteiger partial charge is 0.399 e. The Balaban J connectivity index is 2.07. The van der Waals surface area contributed by atoms with Gasteiger partial charge in [0.2, 0.25) is 0 Å². The van der Waals surface area contributed by atoms with Crippen LogP contribution in [0.25, 0.3) is 10.9 Å². The average molecular weight is 283 g/mol. The maximum absolute atomic E-state index is 5.99. The minimum atomic E-state index is 0.616. The smallest absolute Gasteiger partial charge is 0.0727 e. The molecule has 1 saturated carbocycles. The van der Waals surface area contributed by atoms with Gasteiger partial charge in [-0.1, -0.05) is 19.8 Å². The van der Waals surface area contributed by atoms with Gasteiger partial charge >= 0.3 is 0 Å². The van der Waals surface area contributed by atoms with Crippen molar-refractivity contribution in [1.82, 2.24) is 4.98 Å². The van der Waals surface area contributed by atoms with Gasteiger partial charge in [-0.05, 0) is 49.9 Å². The number of nitrogens with two attached hydrogens (primary N) is 1. The second-order valence-electron chi connectivity index (χ2n) is 6.50. The molecular weight excluding hydrogens is 258 g/mol. The minimum absolute atomic E-state index is 0.616. The second kappa shape index (κ2) is 5.55. The van der Waals surface area contributed by atoms with Crippen molar-refractivity contribution in [3.63, 3.8) is 0 Å². The molecule has 0 saturated heterocycles. The van der Waals surface area contributed by atoms with E-state index < -0.39 is 0 Å². The van der Waals surface area contributed by atoms with E-state index in [4.69, 9.17) is 5.73 Å². The van der Waals surface area contributed by atoms with Crippen molar-refractivity contribution in [3.8, 4) is 0 Å². The summed E-state index contributed by atoms with van der Waals surface area (Å²) >= 11 is 0. The molecule has 2 N–H and O–H groups in total. The van der Waals surface area contributed by atoms with Gasteiger partial charge in [0.1, 0.15) is 0 Å². The molecule has 112 valence electrons. The van der Waals surface area contributed by atoms with Gasteiger partial charge in [-0.3, -0.25) is 4.98 Å². The number of rotatable bonds is 2. The molecular formula is C18H25N3. The number of pyridine rings is 1. The summed E-state index contributed by atoms with van der Waals surface area (Å²) < 4.78 is 0. The normalized spacial score (nSPS) is 22.4. The standard InChI is InChI=1S/C18H25N3/c1-12-6-4-5-7-17(12)21(3)18-10-13(2)20-16-9-8-14(19)11-15(16)18/h8-12,17H,4-7,19H2,1-3H3. The van der Waals surface area contributed by atoms with Crippen LogP contribution in [0, 0.1) is 12.8 Å². The molecule has 2 unspecified atom stereocenters. The summed E-state index contributed by atoms with van der Waals surface area (Å²) in [6.45, 7) is 4.45. The molecule has 0 bridgehead atoms. The Hall–Kier alpha value is -1.77. The van der Waals surface area contributed by atoms with Gasteiger partial charge in [0.25, 0.3) is 0 Å². The zero-order valence-corrected chi connectivity index (χ0v) is 13.3. The number of hydrogen-bond acceptors (Lipinski definition) is 3. The highest BCUT2D eigenvalue weighted by molar-refractivity contribution is 5.94. The summed E-state index contributed by atoms with van der Waals surface area (Å²) in [5, 5.41) is 1.17. The number of nitrogens with zero attached hydrogens (tertiary/aromatic N) is 2. The number of benzene rings is 1. The molecule has 3 rings (SSSR count). The van der Waals surface area contributed by atoms with Crippen LogP contribution in [0.4, 0.5) is 11.4 Å². The molecule has 3 heteroatoms. The lowest BCUT2D eigenvalue weighted by atomic mass is 9.84. The summed E-state index contributed by atoms with van der Waals surface area (Å²) in [5.41, 5.74) is 10.2. The molecule has 1 aromatic carbocycles. The van der Waals surface area contributed by atoms with Gasteiger partial charge in [-0.25, -0.2) is 0 Å². The first-order valence-electron chi connectivity index (χ1n) is 7.96. The van der Waals surface area contributed by atoms with Crippen LogP contribution in [0.3, 0.4) is 0 Å². The number of nitrogen functional groups attached to an aromatic ring is 1. The Labute approximate surface area is 127 Å². The van der Waals surface area contributed by atoms with E-state index in [9.17, 15) is 0 Å². The molecule has 0 amide bonds. The van der Waals surface area contributed by atoms with Crippen molar-refractivity contribution in [2.75, 3.05) is 17.7 Å². The fourth-order valence-electron chi connectivity index (χ4n) is 3.70. The molecule has 1 aromatic heterocycles. The third-order valence-electron chi connectivity index (χ3n) is 4.88. The van der Waals surface area contributed by atoms with E-state index in [0.29, 0.717) is 6.04 Å². The van der Waals surface area contributed by atoms with Crippen LogP contribution in [0.2, 0.25) is 0 Å². The van der Waals surface area contributed by atoms with Crippen molar-refractivity contribution in [1.29, 1.82) is 0 Å². The van der Waals surface area contributed by atoms with Crippen LogP contribution in [0.1, 0.15) is 38.3 Å². The molecule has 1 heterocycles. The third kappa shape index (κ3) is 2.69. The lowest BCUT2D eigenvalue weighted by Gasteiger charge is -2.38. The summed E-state index contributed by atoms with van der Waals surface area (Å²) in [4.78, 5) is 7.10. The lowest BCUT2D eigenvalue weighted by Crippen LogP contribution is -2.39. The fraction of sp³-hybridized carbons (Fsp3) is 0.500. The van der Waals surface area contributed by atoms with Gasteiger partial charge in [0.15, 0.2) is 0 Å². The molecule has 0 spiro atoms. The number of aromatic nitrogens is 1. The summed E-state index contributed by atoms with van der Waals surface area (Å²) in [6.07, 6.45) is 5.32. The maximum Gasteiger partial charge on any atom is 0.0727 e. The monoisotopic (exact) mass is 283 g/mol. The quantitative estimate of drug-likeness (QED) is 0.842. The van der Waals surface area contributed by atoms with Gasteiger partial charge in [0.05, 0.1) is 5.52 Å². The fourth-order valence-corrected chi connectivity index (χ4v) is 3.70. The van der Waals surface area contributed by atoms with Crippen molar-refractivity contribution < 1.29 is 0 Å². The van der Waals surface area contributed by atoms with Crippen LogP contribution < -0.4 is 10.6 Å². The third-order valence-corrected chi connectivity index (χ3v) is 4.88. The van der Waals surface area contributed by atoms with E-state index in [1.54, 1.807) is 0 Å². The van der Waals surface area contributed by atoms with Gasteiger partial charge in [0, 0.05) is 35.5 Å². The molecule has 2 aromatic rings. The van der Waals surface area contributed by atoms with E-state index in [-0.39, 0.29) is 0 Å². The highest BCUT2D eigenvalue weighted by Gasteiger charge is 2.26. The van der Waals surface area contributed by atoms with E-state index >= 15 is 0 Å². The molecule has 1 aliphatic carbocycles. The minimum Gasteiger partial charge on any atom is -0.399 e. The molecule has 21 heavy (non-hydrogen) atoms. The van der Waals surface area contributed by atoms with Crippen LogP contribution in [0.15, 0.2) is 24.3 Å². The summed E-state index contributed by atoms with van der Waals surface area (Å²) in [7, 11) is 2.23. The van der Waals surface area contributed by atoms with E-state index in [2.05, 4.69) is 42.9 Å². The highest BCUT2D eigenvalue weighted by Crippen LogP contribution is 2.34. The lowest BCUT2D eigenvalue weighted by molar-refractivity contribution is 0.322. The molecule has 3 nitrogen and oxygen atoms in total. The Morgan fingerprint density at radius 1 is 1.19 bits per heavy atom. The van der Waals surface area contributed by atoms with Crippen molar-refractivity contribution in [2.45, 2.75) is 45.6 Å². The average Bonchev–Trinajstić information content (AvgIpc) is 2.47. The molecule has 1 fully saturated rings. The van der Waals surface area contributed by atoms with Crippen LogP contribution in [-0.2, 0) is 0 Å². The number of anilines is 2. The first-order valence-corrected chi connectivity index (χ1v) is 7.96. The Bertz CT molecular complexity index is 650. The van der Waals surface area contributed by atoms with E-state index in [1.807, 2.05) is 12.1 Å². The summed E-state index contributed by atoms with van der Waals surface area (Å²) in [6, 6.07) is 8.83. The van der Waals surface area contributed by atoms with Gasteiger partial charge in [-0.15, -0.1) is 0 Å². The van der Waals surface area contributed by atoms with Crippen LogP contribution >= 0.6 is 0 Å². The van der Waals surface area contributed by atoms with Crippen molar-refractivity contribution in [3.05, 3.63) is 30.0 Å². The number of fused-ring (bicyclic) bond motifs is 1. The molecule has 1 aliphatic rings. The molecule has 0 aliphatic heterocycles. The second-order valence-corrected chi connectivity index (χ2v) is 6.50. The topological polar surface area (TPSA) is 42.1 Å². The van der Waals surface area contributed by atoms with Crippen molar-refractivity contribution >= 4 is 22.3 Å². The predicted molar refractivity (Wildman–Crippen MR) is 90.7 cm³/mol. The Kier molecular flexibility index (Phi) is 3.75. The first kappa shape index (κ1) is 14.2. The number of hydrogen-bond donors (Lipinski definition) is 1. The zero-order valence-electron chi connectivity index (χ0n) is 13.3.